The van der Waals surface area contributed by atoms with Gasteiger partial charge in [0.05, 0.1) is 11.7 Å². The van der Waals surface area contributed by atoms with Crippen molar-refractivity contribution in [1.82, 2.24) is 0 Å². The van der Waals surface area contributed by atoms with Gasteiger partial charge in [0.15, 0.2) is 0 Å². The van der Waals surface area contributed by atoms with Crippen LogP contribution in [-0.4, -0.2) is 12.1 Å². The predicted octanol–water partition coefficient (Wildman–Crippen LogP) is 4.68. The second kappa shape index (κ2) is 6.02. The summed E-state index contributed by atoms with van der Waals surface area (Å²) in [6, 6.07) is 15.5. The third-order valence-corrected chi connectivity index (χ3v) is 3.15. The van der Waals surface area contributed by atoms with Gasteiger partial charge in [-0.05, 0) is 49.2 Å². The Kier molecular flexibility index (Phi) is 4.38. The minimum atomic E-state index is -0.283. The van der Waals surface area contributed by atoms with Crippen LogP contribution in [0.1, 0.15) is 24.2 Å². The molecule has 0 fully saturated rings. The summed E-state index contributed by atoms with van der Waals surface area (Å²) in [4.78, 5) is 11.9. The first-order chi connectivity index (χ1) is 9.06. The van der Waals surface area contributed by atoms with Crippen LogP contribution in [0.2, 0.25) is 0 Å². The molecule has 0 radical (unpaired) electrons. The van der Waals surface area contributed by atoms with Crippen LogP contribution in [-0.2, 0) is 4.74 Å². The molecule has 0 spiro atoms. The van der Waals surface area contributed by atoms with E-state index in [0.29, 0.717) is 5.56 Å². The number of hydrogen-bond donors (Lipinski definition) is 0. The van der Waals surface area contributed by atoms with E-state index in [-0.39, 0.29) is 12.1 Å². The maximum Gasteiger partial charge on any atom is 0.338 e. The molecule has 0 N–H and O–H groups in total. The second-order valence-electron chi connectivity index (χ2n) is 4.54. The molecule has 2 aromatic rings. The van der Waals surface area contributed by atoms with Gasteiger partial charge < -0.3 is 4.74 Å². The molecule has 0 bridgehead atoms. The van der Waals surface area contributed by atoms with E-state index in [2.05, 4.69) is 15.9 Å². The van der Waals surface area contributed by atoms with Crippen LogP contribution in [0.3, 0.4) is 0 Å². The lowest BCUT2D eigenvalue weighted by Gasteiger charge is -2.09. The van der Waals surface area contributed by atoms with Crippen LogP contribution in [0.15, 0.2) is 53.0 Å². The van der Waals surface area contributed by atoms with Crippen LogP contribution in [0.25, 0.3) is 11.1 Å². The molecule has 0 aliphatic heterocycles. The van der Waals surface area contributed by atoms with Gasteiger partial charge in [-0.3, -0.25) is 0 Å². The highest BCUT2D eigenvalue weighted by atomic mass is 79.9. The molecule has 19 heavy (non-hydrogen) atoms. The van der Waals surface area contributed by atoms with Gasteiger partial charge in [0.1, 0.15) is 0 Å². The SMILES string of the molecule is CC(C)OC(=O)c1cccc(-c2ccc(Br)cc2)c1. The smallest absolute Gasteiger partial charge is 0.338 e. The highest BCUT2D eigenvalue weighted by Crippen LogP contribution is 2.23. The fourth-order valence-corrected chi connectivity index (χ4v) is 2.01. The molecule has 2 aromatic carbocycles. The van der Waals surface area contributed by atoms with Gasteiger partial charge in [0, 0.05) is 4.47 Å². The third-order valence-electron chi connectivity index (χ3n) is 2.62. The standard InChI is InChI=1S/C16H15BrO2/c1-11(2)19-16(18)14-5-3-4-13(10-14)12-6-8-15(17)9-7-12/h3-11H,1-2H3. The molecule has 0 heterocycles. The number of halogens is 1. The van der Waals surface area contributed by atoms with E-state index in [1.165, 1.54) is 0 Å². The molecular formula is C16H15BrO2. The second-order valence-corrected chi connectivity index (χ2v) is 5.46. The van der Waals surface area contributed by atoms with Gasteiger partial charge in [0.25, 0.3) is 0 Å². The van der Waals surface area contributed by atoms with E-state index in [1.807, 2.05) is 56.3 Å². The first-order valence-corrected chi connectivity index (χ1v) is 6.92. The minimum Gasteiger partial charge on any atom is -0.459 e. The van der Waals surface area contributed by atoms with Gasteiger partial charge in [0.2, 0.25) is 0 Å². The van der Waals surface area contributed by atoms with Gasteiger partial charge in [-0.15, -0.1) is 0 Å². The maximum atomic E-state index is 11.9. The Morgan fingerprint density at radius 3 is 2.37 bits per heavy atom. The Morgan fingerprint density at radius 1 is 1.05 bits per heavy atom. The van der Waals surface area contributed by atoms with Gasteiger partial charge in [-0.1, -0.05) is 40.2 Å². The van der Waals surface area contributed by atoms with E-state index >= 15 is 0 Å². The zero-order valence-electron chi connectivity index (χ0n) is 10.9. The lowest BCUT2D eigenvalue weighted by Crippen LogP contribution is -2.11. The lowest BCUT2D eigenvalue weighted by atomic mass is 10.0. The summed E-state index contributed by atoms with van der Waals surface area (Å²) < 4.78 is 6.23. The zero-order valence-corrected chi connectivity index (χ0v) is 12.5. The molecule has 0 unspecified atom stereocenters. The summed E-state index contributed by atoms with van der Waals surface area (Å²) in [7, 11) is 0. The number of benzene rings is 2. The average Bonchev–Trinajstić information content (AvgIpc) is 2.39. The number of carbonyl (C=O) groups excluding carboxylic acids is 1. The van der Waals surface area contributed by atoms with Crippen molar-refractivity contribution >= 4 is 21.9 Å². The van der Waals surface area contributed by atoms with Crippen LogP contribution < -0.4 is 0 Å². The fraction of sp³-hybridized carbons (Fsp3) is 0.188. The summed E-state index contributed by atoms with van der Waals surface area (Å²) in [5.74, 6) is -0.283. The highest BCUT2D eigenvalue weighted by Gasteiger charge is 2.10. The summed E-state index contributed by atoms with van der Waals surface area (Å²) >= 11 is 3.41. The average molecular weight is 319 g/mol. The summed E-state index contributed by atoms with van der Waals surface area (Å²) in [6.45, 7) is 3.69. The molecule has 0 saturated carbocycles. The van der Waals surface area contributed by atoms with Crippen molar-refractivity contribution in [3.8, 4) is 11.1 Å². The van der Waals surface area contributed by atoms with E-state index in [0.717, 1.165) is 15.6 Å². The monoisotopic (exact) mass is 318 g/mol. The number of hydrogen-bond acceptors (Lipinski definition) is 2. The van der Waals surface area contributed by atoms with E-state index in [1.54, 1.807) is 6.07 Å². The Bertz CT molecular complexity index is 574. The molecule has 0 aliphatic rings. The van der Waals surface area contributed by atoms with E-state index in [9.17, 15) is 4.79 Å². The predicted molar refractivity (Wildman–Crippen MR) is 80.1 cm³/mol. The molecule has 98 valence electrons. The molecule has 0 atom stereocenters. The van der Waals surface area contributed by atoms with Crippen LogP contribution in [0.5, 0.6) is 0 Å². The van der Waals surface area contributed by atoms with Crippen LogP contribution in [0, 0.1) is 0 Å². The topological polar surface area (TPSA) is 26.3 Å². The summed E-state index contributed by atoms with van der Waals surface area (Å²) in [5.41, 5.74) is 2.65. The Morgan fingerprint density at radius 2 is 1.74 bits per heavy atom. The zero-order chi connectivity index (χ0) is 13.8. The number of carbonyl (C=O) groups is 1. The largest absolute Gasteiger partial charge is 0.459 e. The van der Waals surface area contributed by atoms with Crippen molar-refractivity contribution in [2.75, 3.05) is 0 Å². The molecule has 0 aromatic heterocycles. The van der Waals surface area contributed by atoms with Crippen molar-refractivity contribution in [3.05, 3.63) is 58.6 Å². The molecular weight excluding hydrogens is 304 g/mol. The molecule has 0 aliphatic carbocycles. The molecule has 3 heteroatoms. The van der Waals surface area contributed by atoms with Crippen LogP contribution in [0.4, 0.5) is 0 Å². The lowest BCUT2D eigenvalue weighted by molar-refractivity contribution is 0.0378. The van der Waals surface area contributed by atoms with Crippen molar-refractivity contribution < 1.29 is 9.53 Å². The van der Waals surface area contributed by atoms with Crippen LogP contribution >= 0.6 is 15.9 Å². The quantitative estimate of drug-likeness (QED) is 0.768. The summed E-state index contributed by atoms with van der Waals surface area (Å²) in [6.07, 6.45) is -0.108. The first kappa shape index (κ1) is 13.8. The van der Waals surface area contributed by atoms with Gasteiger partial charge >= 0.3 is 5.97 Å². The summed E-state index contributed by atoms with van der Waals surface area (Å²) in [5, 5.41) is 0. The van der Waals surface area contributed by atoms with E-state index in [4.69, 9.17) is 4.74 Å². The Balaban J connectivity index is 2.29. The fourth-order valence-electron chi connectivity index (χ4n) is 1.75. The van der Waals surface area contributed by atoms with Crippen molar-refractivity contribution in [2.24, 2.45) is 0 Å². The third kappa shape index (κ3) is 3.67. The van der Waals surface area contributed by atoms with Gasteiger partial charge in [-0.2, -0.15) is 0 Å². The maximum absolute atomic E-state index is 11.9. The normalized spacial score (nSPS) is 10.5. The number of esters is 1. The Labute approximate surface area is 121 Å². The molecule has 2 nitrogen and oxygen atoms in total. The van der Waals surface area contributed by atoms with E-state index < -0.39 is 0 Å². The number of rotatable bonds is 3. The van der Waals surface area contributed by atoms with Gasteiger partial charge in [-0.25, -0.2) is 4.79 Å². The molecule has 2 rings (SSSR count). The highest BCUT2D eigenvalue weighted by molar-refractivity contribution is 9.10. The van der Waals surface area contributed by atoms with Crippen molar-refractivity contribution in [3.63, 3.8) is 0 Å². The molecule has 0 saturated heterocycles. The first-order valence-electron chi connectivity index (χ1n) is 6.13. The van der Waals surface area contributed by atoms with Crippen molar-refractivity contribution in [1.29, 1.82) is 0 Å². The Hall–Kier alpha value is -1.61. The number of ether oxygens (including phenoxy) is 1. The van der Waals surface area contributed by atoms with Crippen molar-refractivity contribution in [2.45, 2.75) is 20.0 Å². The minimum absolute atomic E-state index is 0.108. The molecule has 0 amide bonds.